The van der Waals surface area contributed by atoms with Crippen molar-refractivity contribution >= 4 is 35.1 Å². The molecular formula is C24H24Cl2N4O4. The van der Waals surface area contributed by atoms with Gasteiger partial charge in [-0.25, -0.2) is 19.6 Å². The molecule has 0 bridgehead atoms. The maximum absolute atomic E-state index is 11.1. The third-order valence-electron chi connectivity index (χ3n) is 5.49. The van der Waals surface area contributed by atoms with Crippen molar-refractivity contribution in [2.75, 3.05) is 20.3 Å². The van der Waals surface area contributed by atoms with Gasteiger partial charge in [-0.3, -0.25) is 0 Å². The van der Waals surface area contributed by atoms with Crippen molar-refractivity contribution < 1.29 is 19.1 Å². The Labute approximate surface area is 207 Å². The van der Waals surface area contributed by atoms with E-state index in [4.69, 9.17) is 32.7 Å². The molecule has 0 saturated heterocycles. The molecule has 1 saturated carbocycles. The highest BCUT2D eigenvalue weighted by Crippen LogP contribution is 2.32. The van der Waals surface area contributed by atoms with E-state index < -0.39 is 0 Å². The van der Waals surface area contributed by atoms with E-state index in [1.54, 1.807) is 30.6 Å². The quantitative estimate of drug-likeness (QED) is 0.418. The van der Waals surface area contributed by atoms with Crippen molar-refractivity contribution in [3.8, 4) is 0 Å². The van der Waals surface area contributed by atoms with Gasteiger partial charge >= 0.3 is 11.9 Å². The molecule has 2 aliphatic heterocycles. The first-order chi connectivity index (χ1) is 16.4. The number of cyclic esters (lactones) is 2. The third kappa shape index (κ3) is 6.71. The van der Waals surface area contributed by atoms with Crippen LogP contribution >= 0.6 is 23.2 Å². The Bertz CT molecular complexity index is 1100. The predicted molar refractivity (Wildman–Crippen MR) is 127 cm³/mol. The number of esters is 2. The molecule has 0 radical (unpaired) electrons. The fraction of sp³-hybridized carbons (Fsp3) is 0.333. The molecule has 178 valence electrons. The maximum atomic E-state index is 11.1. The number of halogens is 2. The fourth-order valence-electron chi connectivity index (χ4n) is 3.54. The second-order valence-corrected chi connectivity index (χ2v) is 8.95. The van der Waals surface area contributed by atoms with E-state index in [-0.39, 0.29) is 11.9 Å². The molecule has 3 aliphatic rings. The van der Waals surface area contributed by atoms with Crippen LogP contribution in [0, 0.1) is 0 Å². The summed E-state index contributed by atoms with van der Waals surface area (Å²) in [7, 11) is 1.91. The van der Waals surface area contributed by atoms with Crippen LogP contribution in [0.3, 0.4) is 0 Å². The molecule has 4 heterocycles. The minimum absolute atomic E-state index is 0.245. The third-order valence-corrected chi connectivity index (χ3v) is 5.94. The number of hydrogen-bond acceptors (Lipinski definition) is 8. The van der Waals surface area contributed by atoms with Gasteiger partial charge in [-0.1, -0.05) is 35.3 Å². The van der Waals surface area contributed by atoms with Crippen molar-refractivity contribution in [1.29, 1.82) is 0 Å². The summed E-state index contributed by atoms with van der Waals surface area (Å²) >= 11 is 11.5. The Balaban J connectivity index is 0.000000162. The van der Waals surface area contributed by atoms with Crippen LogP contribution in [0.4, 0.5) is 0 Å². The van der Waals surface area contributed by atoms with Crippen LogP contribution in [0.5, 0.6) is 0 Å². The number of pyridine rings is 2. The Morgan fingerprint density at radius 3 is 1.82 bits per heavy atom. The van der Waals surface area contributed by atoms with Crippen molar-refractivity contribution in [1.82, 2.24) is 19.8 Å². The lowest BCUT2D eigenvalue weighted by Gasteiger charge is -2.24. The predicted octanol–water partition coefficient (Wildman–Crippen LogP) is 3.75. The van der Waals surface area contributed by atoms with E-state index in [0.29, 0.717) is 36.1 Å². The van der Waals surface area contributed by atoms with Crippen LogP contribution < -0.4 is 0 Å². The van der Waals surface area contributed by atoms with Gasteiger partial charge in [0.25, 0.3) is 0 Å². The molecule has 0 N–H and O–H groups in total. The van der Waals surface area contributed by atoms with E-state index in [1.807, 2.05) is 24.1 Å². The molecular weight excluding hydrogens is 479 g/mol. The summed E-state index contributed by atoms with van der Waals surface area (Å²) < 4.78 is 9.80. The van der Waals surface area contributed by atoms with Gasteiger partial charge in [0.1, 0.15) is 23.5 Å². The lowest BCUT2D eigenvalue weighted by Crippen LogP contribution is -2.25. The molecule has 0 spiro atoms. The largest absolute Gasteiger partial charge is 0.456 e. The molecule has 34 heavy (non-hydrogen) atoms. The van der Waals surface area contributed by atoms with Gasteiger partial charge < -0.3 is 19.3 Å². The van der Waals surface area contributed by atoms with Gasteiger partial charge in [-0.15, -0.1) is 0 Å². The van der Waals surface area contributed by atoms with Gasteiger partial charge in [0.2, 0.25) is 0 Å². The van der Waals surface area contributed by atoms with Crippen LogP contribution in [0.25, 0.3) is 0 Å². The van der Waals surface area contributed by atoms with Gasteiger partial charge in [-0.2, -0.15) is 0 Å². The average Bonchev–Trinajstić information content (AvgIpc) is 3.42. The van der Waals surface area contributed by atoms with Crippen LogP contribution in [0.15, 0.2) is 60.2 Å². The van der Waals surface area contributed by atoms with Crippen molar-refractivity contribution in [2.45, 2.75) is 32.0 Å². The molecule has 2 aromatic rings. The second-order valence-electron chi connectivity index (χ2n) is 8.18. The first-order valence-corrected chi connectivity index (χ1v) is 11.6. The first-order valence-electron chi connectivity index (χ1n) is 10.8. The monoisotopic (exact) mass is 502 g/mol. The number of carbonyl (C=O) groups excluding carboxylic acids is 2. The molecule has 10 heteroatoms. The molecule has 8 nitrogen and oxygen atoms in total. The van der Waals surface area contributed by atoms with E-state index in [0.717, 1.165) is 29.1 Å². The first kappa shape index (κ1) is 24.0. The highest BCUT2D eigenvalue weighted by Gasteiger charge is 2.32. The van der Waals surface area contributed by atoms with Crippen molar-refractivity contribution in [3.63, 3.8) is 0 Å². The molecule has 0 unspecified atom stereocenters. The van der Waals surface area contributed by atoms with E-state index in [9.17, 15) is 9.59 Å². The van der Waals surface area contributed by atoms with Gasteiger partial charge in [-0.05, 0) is 36.1 Å². The molecule has 2 aromatic heterocycles. The van der Waals surface area contributed by atoms with Crippen LogP contribution in [-0.4, -0.2) is 58.0 Å². The molecule has 0 aromatic carbocycles. The summed E-state index contributed by atoms with van der Waals surface area (Å²) in [6, 6.07) is 7.93. The Morgan fingerprint density at radius 1 is 0.853 bits per heavy atom. The summed E-state index contributed by atoms with van der Waals surface area (Å²) in [5.41, 5.74) is 3.97. The lowest BCUT2D eigenvalue weighted by atomic mass is 10.2. The number of likely N-dealkylation sites (N-methyl/N-ethyl adjacent to an activating group) is 1. The fourth-order valence-corrected chi connectivity index (χ4v) is 3.76. The average molecular weight is 503 g/mol. The standard InChI is InChI=1S/C13H13ClN2O2.C11H11ClN2O2/c14-12-4-1-9(6-15-12)7-16(10-2-3-10)11-5-13(17)18-8-11;1-14(9-4-11(15)16-7-9)6-8-2-3-10(12)13-5-8/h1,4-6,10H,2-3,7-8H2;2-5H,6-7H2,1H3. The zero-order valence-corrected chi connectivity index (χ0v) is 20.1. The van der Waals surface area contributed by atoms with Gasteiger partial charge in [0, 0.05) is 50.7 Å². The topological polar surface area (TPSA) is 84.9 Å². The minimum atomic E-state index is -0.281. The Morgan fingerprint density at radius 2 is 1.38 bits per heavy atom. The minimum Gasteiger partial charge on any atom is -0.456 e. The summed E-state index contributed by atoms with van der Waals surface area (Å²) in [5, 5.41) is 0.973. The molecule has 0 atom stereocenters. The smallest absolute Gasteiger partial charge is 0.333 e. The van der Waals surface area contributed by atoms with Crippen molar-refractivity contribution in [3.05, 3.63) is 81.6 Å². The normalized spacial score (nSPS) is 16.7. The maximum Gasteiger partial charge on any atom is 0.333 e. The molecule has 1 aliphatic carbocycles. The van der Waals surface area contributed by atoms with Crippen LogP contribution in [-0.2, 0) is 32.2 Å². The zero-order chi connectivity index (χ0) is 24.1. The van der Waals surface area contributed by atoms with E-state index >= 15 is 0 Å². The molecule has 0 amide bonds. The summed E-state index contributed by atoms with van der Waals surface area (Å²) in [4.78, 5) is 34.3. The number of nitrogens with zero attached hydrogens (tertiary/aromatic N) is 4. The second kappa shape index (κ2) is 10.9. The Kier molecular flexibility index (Phi) is 7.70. The number of rotatable bonds is 7. The van der Waals surface area contributed by atoms with Gasteiger partial charge in [0.05, 0.1) is 11.4 Å². The number of aromatic nitrogens is 2. The highest BCUT2D eigenvalue weighted by molar-refractivity contribution is 6.29. The van der Waals surface area contributed by atoms with E-state index in [1.165, 1.54) is 18.9 Å². The molecule has 1 fully saturated rings. The van der Waals surface area contributed by atoms with Crippen LogP contribution in [0.2, 0.25) is 10.3 Å². The Hall–Kier alpha value is -3.10. The summed E-state index contributed by atoms with van der Waals surface area (Å²) in [5.74, 6) is -0.527. The summed E-state index contributed by atoms with van der Waals surface area (Å²) in [6.07, 6.45) is 8.93. The number of hydrogen-bond donors (Lipinski definition) is 0. The summed E-state index contributed by atoms with van der Waals surface area (Å²) in [6.45, 7) is 2.15. The zero-order valence-electron chi connectivity index (χ0n) is 18.6. The number of ether oxygens (including phenoxy) is 2. The SMILES string of the molecule is CN(Cc1ccc(Cl)nc1)C1=CC(=O)OC1.O=C1C=C(N(Cc2ccc(Cl)nc2)C2CC2)CO1. The number of carbonyl (C=O) groups is 2. The molecule has 5 rings (SSSR count). The van der Waals surface area contributed by atoms with E-state index in [2.05, 4.69) is 14.9 Å². The van der Waals surface area contributed by atoms with Crippen LogP contribution in [0.1, 0.15) is 24.0 Å². The lowest BCUT2D eigenvalue weighted by molar-refractivity contribution is -0.135. The highest BCUT2D eigenvalue weighted by atomic mass is 35.5. The van der Waals surface area contributed by atoms with Gasteiger partial charge in [0.15, 0.2) is 0 Å². The van der Waals surface area contributed by atoms with Crippen molar-refractivity contribution in [2.24, 2.45) is 0 Å².